The van der Waals surface area contributed by atoms with Crippen LogP contribution in [0.5, 0.6) is 0 Å². The Bertz CT molecular complexity index is 483. The molecule has 0 aliphatic heterocycles. The zero-order valence-corrected chi connectivity index (χ0v) is 13.2. The van der Waals surface area contributed by atoms with E-state index >= 15 is 0 Å². The molecule has 0 N–H and O–H groups in total. The lowest BCUT2D eigenvalue weighted by molar-refractivity contribution is 1.14. The highest BCUT2D eigenvalue weighted by Gasteiger charge is 2.03. The van der Waals surface area contributed by atoms with E-state index in [4.69, 9.17) is 0 Å². The molecule has 2 aromatic rings. The maximum atomic E-state index is 3.52. The molecule has 18 heavy (non-hydrogen) atoms. The quantitative estimate of drug-likeness (QED) is 0.637. The lowest BCUT2D eigenvalue weighted by Crippen LogP contribution is -1.87. The van der Waals surface area contributed by atoms with Crippen molar-refractivity contribution in [3.05, 3.63) is 58.1 Å². The summed E-state index contributed by atoms with van der Waals surface area (Å²) in [5.41, 5.74) is 5.33. The van der Waals surface area contributed by atoms with Gasteiger partial charge < -0.3 is 0 Å². The highest BCUT2D eigenvalue weighted by atomic mass is 79.9. The minimum absolute atomic E-state index is 1.06. The molecule has 0 aliphatic rings. The lowest BCUT2D eigenvalue weighted by Gasteiger charge is -2.09. The van der Waals surface area contributed by atoms with Gasteiger partial charge in [0, 0.05) is 4.47 Å². The second kappa shape index (κ2) is 7.38. The molecule has 96 valence electrons. The molecule has 0 radical (unpaired) electrons. The van der Waals surface area contributed by atoms with Crippen molar-refractivity contribution in [3.8, 4) is 11.1 Å². The molecular weight excluding hydrogens is 284 g/mol. The molecule has 0 fully saturated rings. The molecule has 0 atom stereocenters. The van der Waals surface area contributed by atoms with Crippen LogP contribution < -0.4 is 0 Å². The SMILES string of the molecule is CC.CCc1cc(Br)ccc1-c1ccc(C)cc1. The molecular formula is C17H21Br. The molecule has 0 aliphatic carbocycles. The predicted molar refractivity (Wildman–Crippen MR) is 85.0 cm³/mol. The Morgan fingerprint density at radius 1 is 0.944 bits per heavy atom. The van der Waals surface area contributed by atoms with Gasteiger partial charge in [-0.1, -0.05) is 72.6 Å². The first-order valence-corrected chi connectivity index (χ1v) is 7.35. The van der Waals surface area contributed by atoms with Gasteiger partial charge in [-0.05, 0) is 42.2 Å². The van der Waals surface area contributed by atoms with Crippen LogP contribution in [-0.2, 0) is 6.42 Å². The minimum atomic E-state index is 1.06. The summed E-state index contributed by atoms with van der Waals surface area (Å²) in [4.78, 5) is 0. The molecule has 1 heteroatoms. The Kier molecular flexibility index (Phi) is 6.14. The van der Waals surface area contributed by atoms with Crippen LogP contribution in [0, 0.1) is 6.92 Å². The number of benzene rings is 2. The molecule has 0 aromatic heterocycles. The summed E-state index contributed by atoms with van der Waals surface area (Å²) in [5.74, 6) is 0. The first kappa shape index (κ1) is 15.0. The molecule has 0 spiro atoms. The van der Waals surface area contributed by atoms with Gasteiger partial charge in [0.25, 0.3) is 0 Å². The molecule has 2 aromatic carbocycles. The number of hydrogen-bond acceptors (Lipinski definition) is 0. The molecule has 0 heterocycles. The van der Waals surface area contributed by atoms with Crippen molar-refractivity contribution in [2.75, 3.05) is 0 Å². The summed E-state index contributed by atoms with van der Waals surface area (Å²) in [5, 5.41) is 0. The zero-order chi connectivity index (χ0) is 13.5. The largest absolute Gasteiger partial charge is 0.0683 e. The van der Waals surface area contributed by atoms with Crippen molar-refractivity contribution in [1.82, 2.24) is 0 Å². The summed E-state index contributed by atoms with van der Waals surface area (Å²) in [6, 6.07) is 15.2. The number of aryl methyl sites for hydroxylation is 2. The normalized spacial score (nSPS) is 9.61. The van der Waals surface area contributed by atoms with Crippen molar-refractivity contribution in [2.24, 2.45) is 0 Å². The smallest absolute Gasteiger partial charge is 0.0178 e. The fraction of sp³-hybridized carbons (Fsp3) is 0.294. The van der Waals surface area contributed by atoms with Gasteiger partial charge in [0.2, 0.25) is 0 Å². The molecule has 0 nitrogen and oxygen atoms in total. The maximum Gasteiger partial charge on any atom is 0.0178 e. The third-order valence-corrected chi connectivity index (χ3v) is 3.30. The number of hydrogen-bond donors (Lipinski definition) is 0. The minimum Gasteiger partial charge on any atom is -0.0683 e. The van der Waals surface area contributed by atoms with E-state index in [1.807, 2.05) is 13.8 Å². The summed E-state index contributed by atoms with van der Waals surface area (Å²) in [6.07, 6.45) is 1.06. The Morgan fingerprint density at radius 3 is 2.11 bits per heavy atom. The maximum absolute atomic E-state index is 3.52. The monoisotopic (exact) mass is 304 g/mol. The van der Waals surface area contributed by atoms with E-state index in [1.165, 1.54) is 22.3 Å². The van der Waals surface area contributed by atoms with Gasteiger partial charge in [-0.15, -0.1) is 0 Å². The van der Waals surface area contributed by atoms with Crippen molar-refractivity contribution >= 4 is 15.9 Å². The Morgan fingerprint density at radius 2 is 1.56 bits per heavy atom. The van der Waals surface area contributed by atoms with E-state index in [1.54, 1.807) is 0 Å². The first-order valence-electron chi connectivity index (χ1n) is 6.56. The third kappa shape index (κ3) is 3.71. The Labute approximate surface area is 119 Å². The molecule has 0 bridgehead atoms. The average Bonchev–Trinajstić information content (AvgIpc) is 2.42. The molecule has 0 unspecified atom stereocenters. The van der Waals surface area contributed by atoms with E-state index in [-0.39, 0.29) is 0 Å². The molecule has 2 rings (SSSR count). The van der Waals surface area contributed by atoms with Crippen LogP contribution >= 0.6 is 15.9 Å². The van der Waals surface area contributed by atoms with Crippen LogP contribution in [-0.4, -0.2) is 0 Å². The van der Waals surface area contributed by atoms with Gasteiger partial charge in [0.1, 0.15) is 0 Å². The third-order valence-electron chi connectivity index (χ3n) is 2.81. The van der Waals surface area contributed by atoms with Crippen molar-refractivity contribution in [3.63, 3.8) is 0 Å². The van der Waals surface area contributed by atoms with Crippen LogP contribution in [0.1, 0.15) is 31.9 Å². The second-order valence-electron chi connectivity index (χ2n) is 4.02. The second-order valence-corrected chi connectivity index (χ2v) is 4.94. The Balaban J connectivity index is 0.000000771. The fourth-order valence-electron chi connectivity index (χ4n) is 1.87. The fourth-order valence-corrected chi connectivity index (χ4v) is 2.28. The van der Waals surface area contributed by atoms with Gasteiger partial charge in [-0.25, -0.2) is 0 Å². The summed E-state index contributed by atoms with van der Waals surface area (Å²) in [7, 11) is 0. The highest BCUT2D eigenvalue weighted by Crippen LogP contribution is 2.27. The predicted octanol–water partition coefficient (Wildman–Crippen LogP) is 6.01. The summed E-state index contributed by atoms with van der Waals surface area (Å²) >= 11 is 3.52. The van der Waals surface area contributed by atoms with E-state index in [9.17, 15) is 0 Å². The molecule has 0 amide bonds. The Hall–Kier alpha value is -1.08. The van der Waals surface area contributed by atoms with Crippen LogP contribution in [0.4, 0.5) is 0 Å². The van der Waals surface area contributed by atoms with Gasteiger partial charge in [-0.2, -0.15) is 0 Å². The van der Waals surface area contributed by atoms with Gasteiger partial charge >= 0.3 is 0 Å². The van der Waals surface area contributed by atoms with Crippen molar-refractivity contribution in [2.45, 2.75) is 34.1 Å². The number of rotatable bonds is 2. The van der Waals surface area contributed by atoms with E-state index in [0.717, 1.165) is 10.9 Å². The number of halogens is 1. The molecule has 0 saturated carbocycles. The zero-order valence-electron chi connectivity index (χ0n) is 11.6. The lowest BCUT2D eigenvalue weighted by atomic mass is 9.97. The van der Waals surface area contributed by atoms with Crippen LogP contribution in [0.25, 0.3) is 11.1 Å². The highest BCUT2D eigenvalue weighted by molar-refractivity contribution is 9.10. The first-order chi connectivity index (χ1) is 8.70. The standard InChI is InChI=1S/C15H15Br.C2H6/c1-3-12-10-14(16)8-9-15(12)13-6-4-11(2)5-7-13;1-2/h4-10H,3H2,1-2H3;1-2H3. The van der Waals surface area contributed by atoms with Gasteiger partial charge in [0.15, 0.2) is 0 Å². The van der Waals surface area contributed by atoms with Crippen molar-refractivity contribution < 1.29 is 0 Å². The van der Waals surface area contributed by atoms with Crippen LogP contribution in [0.2, 0.25) is 0 Å². The summed E-state index contributed by atoms with van der Waals surface area (Å²) < 4.78 is 1.15. The van der Waals surface area contributed by atoms with E-state index in [2.05, 4.69) is 72.2 Å². The van der Waals surface area contributed by atoms with Gasteiger partial charge in [-0.3, -0.25) is 0 Å². The average molecular weight is 305 g/mol. The van der Waals surface area contributed by atoms with E-state index in [0.29, 0.717) is 0 Å². The van der Waals surface area contributed by atoms with Crippen LogP contribution in [0.3, 0.4) is 0 Å². The summed E-state index contributed by atoms with van der Waals surface area (Å²) in [6.45, 7) is 8.31. The van der Waals surface area contributed by atoms with Crippen LogP contribution in [0.15, 0.2) is 46.9 Å². The topological polar surface area (TPSA) is 0 Å². The van der Waals surface area contributed by atoms with E-state index < -0.39 is 0 Å². The van der Waals surface area contributed by atoms with Crippen molar-refractivity contribution in [1.29, 1.82) is 0 Å². The van der Waals surface area contributed by atoms with Gasteiger partial charge in [0.05, 0.1) is 0 Å². The molecule has 0 saturated heterocycles.